The molecule has 5 nitrogen and oxygen atoms in total. The lowest BCUT2D eigenvalue weighted by Gasteiger charge is -2.25. The van der Waals surface area contributed by atoms with Crippen LogP contribution in [0, 0.1) is 5.92 Å². The number of hydrogen-bond donors (Lipinski definition) is 1. The highest BCUT2D eigenvalue weighted by molar-refractivity contribution is 5.86. The molecule has 5 heteroatoms. The quantitative estimate of drug-likeness (QED) is 0.714. The summed E-state index contributed by atoms with van der Waals surface area (Å²) >= 11 is 0. The Morgan fingerprint density at radius 2 is 2.24 bits per heavy atom. The number of likely N-dealkylation sites (tertiary alicyclic amines) is 1. The van der Waals surface area contributed by atoms with Gasteiger partial charge in [0.1, 0.15) is 6.04 Å². The van der Waals surface area contributed by atoms with E-state index in [0.29, 0.717) is 19.5 Å². The van der Waals surface area contributed by atoms with Crippen molar-refractivity contribution < 1.29 is 14.3 Å². The Kier molecular flexibility index (Phi) is 5.41. The minimum absolute atomic E-state index is 0.0475. The summed E-state index contributed by atoms with van der Waals surface area (Å²) in [5.41, 5.74) is 5.43. The maximum absolute atomic E-state index is 12.2. The second kappa shape index (κ2) is 6.59. The molecule has 0 radical (unpaired) electrons. The van der Waals surface area contributed by atoms with Gasteiger partial charge in [-0.05, 0) is 32.2 Å². The number of nitrogens with zero attached hydrogens (tertiary/aromatic N) is 1. The predicted octanol–water partition coefficient (Wildman–Crippen LogP) is 0.525. The summed E-state index contributed by atoms with van der Waals surface area (Å²) in [6.07, 6.45) is 3.19. The second-order valence-corrected chi connectivity index (χ2v) is 4.54. The van der Waals surface area contributed by atoms with Crippen LogP contribution in [0.25, 0.3) is 0 Å². The van der Waals surface area contributed by atoms with Gasteiger partial charge in [0, 0.05) is 12.5 Å². The Bertz CT molecular complexity index is 281. The van der Waals surface area contributed by atoms with Crippen molar-refractivity contribution in [3.63, 3.8) is 0 Å². The number of amides is 1. The second-order valence-electron chi connectivity index (χ2n) is 4.54. The molecule has 0 aromatic rings. The third-order valence-electron chi connectivity index (χ3n) is 3.27. The van der Waals surface area contributed by atoms with E-state index in [0.717, 1.165) is 19.3 Å². The van der Waals surface area contributed by atoms with Gasteiger partial charge in [-0.1, -0.05) is 6.92 Å². The van der Waals surface area contributed by atoms with E-state index in [-0.39, 0.29) is 23.8 Å². The molecule has 2 N–H and O–H groups in total. The highest BCUT2D eigenvalue weighted by atomic mass is 16.5. The highest BCUT2D eigenvalue weighted by Crippen LogP contribution is 2.22. The van der Waals surface area contributed by atoms with Gasteiger partial charge in [0.25, 0.3) is 0 Å². The molecule has 2 atom stereocenters. The Balaban J connectivity index is 2.58. The molecule has 1 fully saturated rings. The van der Waals surface area contributed by atoms with Crippen LogP contribution in [0.15, 0.2) is 0 Å². The van der Waals surface area contributed by atoms with Crippen LogP contribution in [0.5, 0.6) is 0 Å². The van der Waals surface area contributed by atoms with Gasteiger partial charge in [-0.2, -0.15) is 0 Å². The van der Waals surface area contributed by atoms with Crippen molar-refractivity contribution in [1.29, 1.82) is 0 Å². The van der Waals surface area contributed by atoms with Crippen LogP contribution in [0.4, 0.5) is 0 Å². The van der Waals surface area contributed by atoms with Crippen molar-refractivity contribution in [2.45, 2.75) is 38.6 Å². The fourth-order valence-corrected chi connectivity index (χ4v) is 2.24. The van der Waals surface area contributed by atoms with Crippen LogP contribution >= 0.6 is 0 Å². The largest absolute Gasteiger partial charge is 0.467 e. The van der Waals surface area contributed by atoms with Gasteiger partial charge in [0.2, 0.25) is 5.91 Å². The molecule has 0 saturated carbocycles. The number of carbonyl (C=O) groups is 2. The molecule has 17 heavy (non-hydrogen) atoms. The first-order chi connectivity index (χ1) is 8.11. The molecule has 0 aliphatic carbocycles. The van der Waals surface area contributed by atoms with Gasteiger partial charge >= 0.3 is 5.97 Å². The molecular weight excluding hydrogens is 220 g/mol. The number of hydrogen-bond acceptors (Lipinski definition) is 4. The Morgan fingerprint density at radius 1 is 1.53 bits per heavy atom. The van der Waals surface area contributed by atoms with Gasteiger partial charge in [-0.25, -0.2) is 4.79 Å². The standard InChI is InChI=1S/C12H22N2O3/c1-9(5-3-7-13)11(15)14-8-4-6-10(14)12(16)17-2/h9-10H,3-8,13H2,1-2H3. The lowest BCUT2D eigenvalue weighted by atomic mass is 10.0. The summed E-state index contributed by atoms with van der Waals surface area (Å²) in [7, 11) is 1.36. The average molecular weight is 242 g/mol. The first-order valence-corrected chi connectivity index (χ1v) is 6.20. The third kappa shape index (κ3) is 3.43. The highest BCUT2D eigenvalue weighted by Gasteiger charge is 2.36. The molecule has 1 aliphatic heterocycles. The summed E-state index contributed by atoms with van der Waals surface area (Å²) < 4.78 is 4.72. The molecule has 0 aromatic heterocycles. The van der Waals surface area contributed by atoms with Crippen molar-refractivity contribution in [3.8, 4) is 0 Å². The zero-order valence-corrected chi connectivity index (χ0v) is 10.6. The van der Waals surface area contributed by atoms with Crippen LogP contribution in [0.2, 0.25) is 0 Å². The average Bonchev–Trinajstić information content (AvgIpc) is 2.82. The minimum Gasteiger partial charge on any atom is -0.467 e. The van der Waals surface area contributed by atoms with Crippen LogP contribution in [0.1, 0.15) is 32.6 Å². The molecule has 0 spiro atoms. The van der Waals surface area contributed by atoms with Gasteiger partial charge in [-0.15, -0.1) is 0 Å². The van der Waals surface area contributed by atoms with E-state index >= 15 is 0 Å². The molecule has 98 valence electrons. The van der Waals surface area contributed by atoms with Crippen molar-refractivity contribution in [2.24, 2.45) is 11.7 Å². The molecule has 1 aliphatic rings. The summed E-state index contributed by atoms with van der Waals surface area (Å²) in [5.74, 6) is -0.322. The van der Waals surface area contributed by atoms with Crippen molar-refractivity contribution in [3.05, 3.63) is 0 Å². The lowest BCUT2D eigenvalue weighted by molar-refractivity contribution is -0.152. The number of esters is 1. The first-order valence-electron chi connectivity index (χ1n) is 6.20. The summed E-state index contributed by atoms with van der Waals surface area (Å²) in [5, 5.41) is 0. The van der Waals surface area contributed by atoms with E-state index in [2.05, 4.69) is 0 Å². The molecule has 1 amide bonds. The van der Waals surface area contributed by atoms with E-state index in [1.165, 1.54) is 7.11 Å². The van der Waals surface area contributed by atoms with Gasteiger partial charge in [-0.3, -0.25) is 4.79 Å². The van der Waals surface area contributed by atoms with E-state index in [9.17, 15) is 9.59 Å². The molecule has 0 aromatic carbocycles. The zero-order chi connectivity index (χ0) is 12.8. The zero-order valence-electron chi connectivity index (χ0n) is 10.6. The fourth-order valence-electron chi connectivity index (χ4n) is 2.24. The maximum Gasteiger partial charge on any atom is 0.328 e. The third-order valence-corrected chi connectivity index (χ3v) is 3.27. The van der Waals surface area contributed by atoms with Gasteiger partial charge < -0.3 is 15.4 Å². The first kappa shape index (κ1) is 14.0. The number of nitrogens with two attached hydrogens (primary N) is 1. The SMILES string of the molecule is COC(=O)C1CCCN1C(=O)C(C)CCCN. The smallest absolute Gasteiger partial charge is 0.328 e. The topological polar surface area (TPSA) is 72.6 Å². The van der Waals surface area contributed by atoms with Crippen LogP contribution in [0.3, 0.4) is 0 Å². The summed E-state index contributed by atoms with van der Waals surface area (Å²) in [6.45, 7) is 3.15. The molecule has 1 rings (SSSR count). The van der Waals surface area contributed by atoms with E-state index in [4.69, 9.17) is 10.5 Å². The maximum atomic E-state index is 12.2. The van der Waals surface area contributed by atoms with E-state index in [1.54, 1.807) is 4.90 Å². The Hall–Kier alpha value is -1.10. The van der Waals surface area contributed by atoms with E-state index < -0.39 is 0 Å². The van der Waals surface area contributed by atoms with Crippen molar-refractivity contribution in [2.75, 3.05) is 20.2 Å². The number of carbonyl (C=O) groups excluding carboxylic acids is 2. The molecule has 0 bridgehead atoms. The Morgan fingerprint density at radius 3 is 2.82 bits per heavy atom. The van der Waals surface area contributed by atoms with Crippen LogP contribution < -0.4 is 5.73 Å². The molecule has 2 unspecified atom stereocenters. The summed E-state index contributed by atoms with van der Waals surface area (Å²) in [6, 6.07) is -0.382. The van der Waals surface area contributed by atoms with E-state index in [1.807, 2.05) is 6.92 Å². The van der Waals surface area contributed by atoms with Crippen molar-refractivity contribution in [1.82, 2.24) is 4.90 Å². The monoisotopic (exact) mass is 242 g/mol. The number of methoxy groups -OCH3 is 1. The van der Waals surface area contributed by atoms with Crippen LogP contribution in [-0.4, -0.2) is 43.0 Å². The minimum atomic E-state index is -0.382. The lowest BCUT2D eigenvalue weighted by Crippen LogP contribution is -2.43. The van der Waals surface area contributed by atoms with Crippen molar-refractivity contribution >= 4 is 11.9 Å². The van der Waals surface area contributed by atoms with Crippen LogP contribution in [-0.2, 0) is 14.3 Å². The normalized spacial score (nSPS) is 21.4. The summed E-state index contributed by atoms with van der Waals surface area (Å²) in [4.78, 5) is 25.3. The molecule has 1 heterocycles. The number of rotatable bonds is 5. The van der Waals surface area contributed by atoms with Gasteiger partial charge in [0.15, 0.2) is 0 Å². The molecular formula is C12H22N2O3. The Labute approximate surface area is 102 Å². The van der Waals surface area contributed by atoms with Gasteiger partial charge in [0.05, 0.1) is 7.11 Å². The number of ether oxygens (including phenoxy) is 1. The molecule has 1 saturated heterocycles. The fraction of sp³-hybridized carbons (Fsp3) is 0.833. The predicted molar refractivity (Wildman–Crippen MR) is 64.2 cm³/mol.